The van der Waals surface area contributed by atoms with Gasteiger partial charge in [0.2, 0.25) is 0 Å². The van der Waals surface area contributed by atoms with Crippen LogP contribution in [-0.4, -0.2) is 12.3 Å². The van der Waals surface area contributed by atoms with Crippen molar-refractivity contribution in [3.63, 3.8) is 0 Å². The van der Waals surface area contributed by atoms with E-state index >= 15 is 0 Å². The van der Waals surface area contributed by atoms with Crippen LogP contribution in [0.1, 0.15) is 26.3 Å². The molecule has 0 atom stereocenters. The van der Waals surface area contributed by atoms with Crippen LogP contribution in [0.2, 0.25) is 0 Å². The van der Waals surface area contributed by atoms with Gasteiger partial charge in [0, 0.05) is 23.2 Å². The lowest BCUT2D eigenvalue weighted by Crippen LogP contribution is -2.19. The number of benzene rings is 1. The van der Waals surface area contributed by atoms with Crippen LogP contribution >= 0.6 is 0 Å². The number of allylic oxidation sites excluding steroid dienone is 2. The van der Waals surface area contributed by atoms with E-state index in [1.54, 1.807) is 6.08 Å². The van der Waals surface area contributed by atoms with Gasteiger partial charge in [0.1, 0.15) is 0 Å². The molecule has 3 heteroatoms. The minimum absolute atomic E-state index is 0.0203. The third-order valence-corrected chi connectivity index (χ3v) is 2.60. The largest absolute Gasteiger partial charge is 0.379 e. The van der Waals surface area contributed by atoms with Crippen LogP contribution in [0, 0.1) is 0 Å². The van der Waals surface area contributed by atoms with Gasteiger partial charge >= 0.3 is 0 Å². The standard InChI is InChI=1S/C16H22N2O/c1-5-14-6-8-15(9-7-14)17-11-16(10-13(4)19)18-12(2)3/h6-10,17-18H,2,5,11H2,1,3-4H3/b16-10-. The summed E-state index contributed by atoms with van der Waals surface area (Å²) in [5, 5.41) is 6.37. The number of carbonyl (C=O) groups excluding carboxylic acids is 1. The van der Waals surface area contributed by atoms with Crippen LogP contribution in [0.4, 0.5) is 5.69 Å². The van der Waals surface area contributed by atoms with Crippen LogP contribution in [0.5, 0.6) is 0 Å². The Labute approximate surface area is 115 Å². The number of ketones is 1. The molecule has 0 aromatic heterocycles. The normalized spacial score (nSPS) is 11.0. The maximum absolute atomic E-state index is 11.2. The molecule has 0 saturated heterocycles. The Morgan fingerprint density at radius 2 is 1.89 bits per heavy atom. The Balaban J connectivity index is 2.64. The predicted molar refractivity (Wildman–Crippen MR) is 81.0 cm³/mol. The first-order valence-corrected chi connectivity index (χ1v) is 6.47. The van der Waals surface area contributed by atoms with Crippen molar-refractivity contribution in [2.45, 2.75) is 27.2 Å². The minimum Gasteiger partial charge on any atom is -0.379 e. The Morgan fingerprint density at radius 3 is 2.37 bits per heavy atom. The number of anilines is 1. The molecule has 1 aromatic rings. The molecular weight excluding hydrogens is 236 g/mol. The quantitative estimate of drug-likeness (QED) is 0.738. The Hall–Kier alpha value is -2.03. The first-order valence-electron chi connectivity index (χ1n) is 6.47. The van der Waals surface area contributed by atoms with Crippen molar-refractivity contribution in [2.75, 3.05) is 11.9 Å². The summed E-state index contributed by atoms with van der Waals surface area (Å²) in [6.07, 6.45) is 2.62. The van der Waals surface area contributed by atoms with E-state index in [2.05, 4.69) is 36.3 Å². The van der Waals surface area contributed by atoms with Crippen LogP contribution in [0.15, 0.2) is 48.3 Å². The first kappa shape index (κ1) is 15.0. The number of carbonyl (C=O) groups is 1. The molecule has 0 fully saturated rings. The van der Waals surface area contributed by atoms with E-state index < -0.39 is 0 Å². The second-order valence-corrected chi connectivity index (χ2v) is 4.59. The van der Waals surface area contributed by atoms with Crippen LogP contribution in [0.25, 0.3) is 0 Å². The minimum atomic E-state index is 0.0203. The third kappa shape index (κ3) is 5.91. The Bertz CT molecular complexity index is 472. The van der Waals surface area contributed by atoms with Crippen molar-refractivity contribution < 1.29 is 4.79 Å². The first-order chi connectivity index (χ1) is 9.01. The summed E-state index contributed by atoms with van der Waals surface area (Å²) in [5.74, 6) is 0.0203. The monoisotopic (exact) mass is 258 g/mol. The second kappa shape index (κ2) is 7.41. The lowest BCUT2D eigenvalue weighted by atomic mass is 10.1. The van der Waals surface area contributed by atoms with E-state index in [9.17, 15) is 4.79 Å². The molecular formula is C16H22N2O. The van der Waals surface area contributed by atoms with E-state index in [1.807, 2.05) is 19.1 Å². The molecule has 0 aliphatic heterocycles. The van der Waals surface area contributed by atoms with Gasteiger partial charge in [-0.3, -0.25) is 4.79 Å². The van der Waals surface area contributed by atoms with Crippen LogP contribution in [-0.2, 0) is 11.2 Å². The van der Waals surface area contributed by atoms with Crippen molar-refractivity contribution in [1.82, 2.24) is 5.32 Å². The average molecular weight is 258 g/mol. The molecule has 2 N–H and O–H groups in total. The van der Waals surface area contributed by atoms with E-state index in [-0.39, 0.29) is 5.78 Å². The highest BCUT2D eigenvalue weighted by Crippen LogP contribution is 2.10. The zero-order chi connectivity index (χ0) is 14.3. The summed E-state index contributed by atoms with van der Waals surface area (Å²) < 4.78 is 0. The molecule has 0 spiro atoms. The highest BCUT2D eigenvalue weighted by molar-refractivity contribution is 5.88. The SMILES string of the molecule is C=C(C)N/C(=C\C(C)=O)CNc1ccc(CC)cc1. The number of hydrogen-bond acceptors (Lipinski definition) is 3. The molecule has 0 unspecified atom stereocenters. The summed E-state index contributed by atoms with van der Waals surface area (Å²) in [4.78, 5) is 11.2. The van der Waals surface area contributed by atoms with Gasteiger partial charge in [-0.1, -0.05) is 25.6 Å². The third-order valence-electron chi connectivity index (χ3n) is 2.60. The summed E-state index contributed by atoms with van der Waals surface area (Å²) in [6.45, 7) is 9.89. The molecule has 0 heterocycles. The van der Waals surface area contributed by atoms with Gasteiger partial charge in [-0.2, -0.15) is 0 Å². The average Bonchev–Trinajstić information content (AvgIpc) is 2.35. The molecule has 0 aliphatic carbocycles. The van der Waals surface area contributed by atoms with Crippen molar-refractivity contribution >= 4 is 11.5 Å². The molecule has 1 aromatic carbocycles. The second-order valence-electron chi connectivity index (χ2n) is 4.59. The van der Waals surface area contributed by atoms with Gasteiger partial charge in [-0.05, 0) is 38.0 Å². The van der Waals surface area contributed by atoms with Crippen molar-refractivity contribution in [2.24, 2.45) is 0 Å². The van der Waals surface area contributed by atoms with Crippen molar-refractivity contribution in [1.29, 1.82) is 0 Å². The highest BCUT2D eigenvalue weighted by atomic mass is 16.1. The Morgan fingerprint density at radius 1 is 1.26 bits per heavy atom. The molecule has 19 heavy (non-hydrogen) atoms. The van der Waals surface area contributed by atoms with Gasteiger partial charge in [0.15, 0.2) is 5.78 Å². The van der Waals surface area contributed by atoms with Crippen molar-refractivity contribution in [3.05, 3.63) is 53.9 Å². The smallest absolute Gasteiger partial charge is 0.154 e. The van der Waals surface area contributed by atoms with Gasteiger partial charge in [0.05, 0.1) is 6.54 Å². The zero-order valence-corrected chi connectivity index (χ0v) is 11.9. The summed E-state index contributed by atoms with van der Waals surface area (Å²) in [6, 6.07) is 8.29. The zero-order valence-electron chi connectivity index (χ0n) is 11.9. The molecule has 3 nitrogen and oxygen atoms in total. The lowest BCUT2D eigenvalue weighted by molar-refractivity contribution is -0.112. The predicted octanol–water partition coefficient (Wildman–Crippen LogP) is 3.26. The van der Waals surface area contributed by atoms with E-state index in [0.717, 1.165) is 23.5 Å². The van der Waals surface area contributed by atoms with Gasteiger partial charge in [-0.25, -0.2) is 0 Å². The highest BCUT2D eigenvalue weighted by Gasteiger charge is 2.00. The number of aryl methyl sites for hydroxylation is 1. The summed E-state index contributed by atoms with van der Waals surface area (Å²) in [7, 11) is 0. The van der Waals surface area contributed by atoms with E-state index in [4.69, 9.17) is 0 Å². The fourth-order valence-electron chi connectivity index (χ4n) is 1.71. The molecule has 102 valence electrons. The molecule has 0 amide bonds. The topological polar surface area (TPSA) is 41.1 Å². The van der Waals surface area contributed by atoms with Gasteiger partial charge in [0.25, 0.3) is 0 Å². The summed E-state index contributed by atoms with van der Waals surface area (Å²) >= 11 is 0. The van der Waals surface area contributed by atoms with Crippen LogP contribution in [0.3, 0.4) is 0 Å². The number of hydrogen-bond donors (Lipinski definition) is 2. The summed E-state index contributed by atoms with van der Waals surface area (Å²) in [5.41, 5.74) is 3.98. The fourth-order valence-corrected chi connectivity index (χ4v) is 1.71. The van der Waals surface area contributed by atoms with Gasteiger partial charge in [-0.15, -0.1) is 0 Å². The van der Waals surface area contributed by atoms with E-state index in [1.165, 1.54) is 12.5 Å². The number of rotatable bonds is 7. The Kier molecular flexibility index (Phi) is 5.86. The maximum Gasteiger partial charge on any atom is 0.154 e. The van der Waals surface area contributed by atoms with Crippen molar-refractivity contribution in [3.8, 4) is 0 Å². The molecule has 0 radical (unpaired) electrons. The maximum atomic E-state index is 11.2. The lowest BCUT2D eigenvalue weighted by Gasteiger charge is -2.12. The van der Waals surface area contributed by atoms with Crippen LogP contribution < -0.4 is 10.6 Å². The molecule has 0 bridgehead atoms. The van der Waals surface area contributed by atoms with Gasteiger partial charge < -0.3 is 10.6 Å². The molecule has 1 rings (SSSR count). The number of nitrogens with one attached hydrogen (secondary N) is 2. The molecule has 0 aliphatic rings. The van der Waals surface area contributed by atoms with E-state index in [0.29, 0.717) is 6.54 Å². The molecule has 0 saturated carbocycles. The fraction of sp³-hybridized carbons (Fsp3) is 0.312.